The smallest absolute Gasteiger partial charge is 0.332 e. The predicted molar refractivity (Wildman–Crippen MR) is 118 cm³/mol. The predicted octanol–water partition coefficient (Wildman–Crippen LogP) is 4.00. The van der Waals surface area contributed by atoms with Crippen molar-refractivity contribution in [2.45, 2.75) is 25.3 Å². The van der Waals surface area contributed by atoms with Gasteiger partial charge in [0, 0.05) is 13.0 Å². The summed E-state index contributed by atoms with van der Waals surface area (Å²) in [6.45, 7) is -0.538. The van der Waals surface area contributed by atoms with Gasteiger partial charge in [-0.05, 0) is 42.0 Å². The Bertz CT molecular complexity index is 985. The van der Waals surface area contributed by atoms with Crippen LogP contribution in [0.4, 0.5) is 0 Å². The standard InChI is InChI=1S/C25H26N2O4/c1-30-17-23(29)31-16-22(28)27-25(19-11-6-3-7-12-19)21-14-8-13-20(24(21)26-27)15-18-9-4-2-5-10-18/h2-7,9-12,15,21,25H,8,13-14,16-17H2,1H3/b20-15+. The molecule has 31 heavy (non-hydrogen) atoms. The molecular formula is C25H26N2O4. The lowest BCUT2D eigenvalue weighted by atomic mass is 9.77. The van der Waals surface area contributed by atoms with E-state index in [1.165, 1.54) is 12.1 Å². The second-order valence-electron chi connectivity index (χ2n) is 7.75. The van der Waals surface area contributed by atoms with Crippen LogP contribution < -0.4 is 0 Å². The zero-order valence-corrected chi connectivity index (χ0v) is 17.6. The van der Waals surface area contributed by atoms with Gasteiger partial charge < -0.3 is 9.47 Å². The van der Waals surface area contributed by atoms with E-state index in [9.17, 15) is 9.59 Å². The molecule has 2 unspecified atom stereocenters. The molecule has 2 aliphatic rings. The molecule has 0 spiro atoms. The first kappa shape index (κ1) is 21.0. The molecule has 0 N–H and O–H groups in total. The molecular weight excluding hydrogens is 392 g/mol. The van der Waals surface area contributed by atoms with Crippen LogP contribution in [0.1, 0.15) is 36.4 Å². The highest BCUT2D eigenvalue weighted by atomic mass is 16.6. The first-order chi connectivity index (χ1) is 15.2. The highest BCUT2D eigenvalue weighted by Gasteiger charge is 2.43. The van der Waals surface area contributed by atoms with Crippen molar-refractivity contribution in [3.8, 4) is 0 Å². The van der Waals surface area contributed by atoms with Crippen LogP contribution >= 0.6 is 0 Å². The zero-order chi connectivity index (χ0) is 21.6. The Morgan fingerprint density at radius 2 is 1.77 bits per heavy atom. The molecule has 6 nitrogen and oxygen atoms in total. The fraction of sp³-hybridized carbons (Fsp3) is 0.320. The minimum atomic E-state index is -0.568. The minimum Gasteiger partial charge on any atom is -0.454 e. The fourth-order valence-corrected chi connectivity index (χ4v) is 4.31. The van der Waals surface area contributed by atoms with Gasteiger partial charge >= 0.3 is 5.97 Å². The van der Waals surface area contributed by atoms with Crippen molar-refractivity contribution in [3.63, 3.8) is 0 Å². The average Bonchev–Trinajstić information content (AvgIpc) is 3.20. The summed E-state index contributed by atoms with van der Waals surface area (Å²) in [7, 11) is 1.41. The topological polar surface area (TPSA) is 68.2 Å². The largest absolute Gasteiger partial charge is 0.454 e. The van der Waals surface area contributed by atoms with Gasteiger partial charge in [0.2, 0.25) is 0 Å². The lowest BCUT2D eigenvalue weighted by molar-refractivity contribution is -0.155. The van der Waals surface area contributed by atoms with Gasteiger partial charge in [-0.15, -0.1) is 0 Å². The summed E-state index contributed by atoms with van der Waals surface area (Å²) in [6.07, 6.45) is 5.09. The van der Waals surface area contributed by atoms with Gasteiger partial charge in [0.15, 0.2) is 6.61 Å². The number of allylic oxidation sites excluding steroid dienone is 1. The van der Waals surface area contributed by atoms with E-state index in [0.29, 0.717) is 0 Å². The molecule has 2 aromatic rings. The van der Waals surface area contributed by atoms with Gasteiger partial charge in [0.05, 0.1) is 11.8 Å². The van der Waals surface area contributed by atoms with Gasteiger partial charge in [0.1, 0.15) is 6.61 Å². The highest BCUT2D eigenvalue weighted by Crippen LogP contribution is 2.44. The molecule has 6 heteroatoms. The summed E-state index contributed by atoms with van der Waals surface area (Å²) in [6, 6.07) is 19.9. The van der Waals surface area contributed by atoms with Crippen molar-refractivity contribution < 1.29 is 19.1 Å². The van der Waals surface area contributed by atoms with Gasteiger partial charge in [-0.2, -0.15) is 5.10 Å². The summed E-state index contributed by atoms with van der Waals surface area (Å²) in [5.74, 6) is -0.787. The Labute approximate surface area is 182 Å². The molecule has 0 saturated heterocycles. The number of benzene rings is 2. The molecule has 0 aromatic heterocycles. The van der Waals surface area contributed by atoms with Gasteiger partial charge in [-0.3, -0.25) is 4.79 Å². The molecule has 1 amide bonds. The van der Waals surface area contributed by atoms with Crippen LogP contribution in [0.15, 0.2) is 71.3 Å². The number of ether oxygens (including phenoxy) is 2. The summed E-state index contributed by atoms with van der Waals surface area (Å²) < 4.78 is 9.84. The van der Waals surface area contributed by atoms with Crippen LogP contribution in [0.2, 0.25) is 0 Å². The molecule has 4 rings (SSSR count). The van der Waals surface area contributed by atoms with Crippen molar-refractivity contribution in [2.24, 2.45) is 11.0 Å². The van der Waals surface area contributed by atoms with E-state index in [1.807, 2.05) is 48.5 Å². The molecule has 0 radical (unpaired) electrons. The number of methoxy groups -OCH3 is 1. The second-order valence-corrected chi connectivity index (χ2v) is 7.75. The molecule has 1 heterocycles. The maximum Gasteiger partial charge on any atom is 0.332 e. The number of hydrazone groups is 1. The van der Waals surface area contributed by atoms with Crippen molar-refractivity contribution >= 4 is 23.7 Å². The Kier molecular flexibility index (Phi) is 6.57. The van der Waals surface area contributed by atoms with E-state index >= 15 is 0 Å². The van der Waals surface area contributed by atoms with Crippen molar-refractivity contribution in [1.82, 2.24) is 5.01 Å². The maximum absolute atomic E-state index is 13.0. The third kappa shape index (κ3) is 4.75. The lowest BCUT2D eigenvalue weighted by Gasteiger charge is -2.29. The normalized spacial score (nSPS) is 21.5. The van der Waals surface area contributed by atoms with Crippen molar-refractivity contribution in [2.75, 3.05) is 20.3 Å². The average molecular weight is 418 g/mol. The third-order valence-electron chi connectivity index (χ3n) is 5.66. The Morgan fingerprint density at radius 1 is 1.06 bits per heavy atom. The van der Waals surface area contributed by atoms with Crippen LogP contribution in [-0.4, -0.2) is 42.9 Å². The van der Waals surface area contributed by atoms with E-state index in [4.69, 9.17) is 14.6 Å². The first-order valence-electron chi connectivity index (χ1n) is 10.5. The van der Waals surface area contributed by atoms with E-state index in [-0.39, 0.29) is 31.1 Å². The van der Waals surface area contributed by atoms with E-state index < -0.39 is 5.97 Å². The number of fused-ring (bicyclic) bond motifs is 1. The van der Waals surface area contributed by atoms with Crippen LogP contribution in [0, 0.1) is 5.92 Å². The fourth-order valence-electron chi connectivity index (χ4n) is 4.31. The molecule has 2 atom stereocenters. The number of carbonyl (C=O) groups excluding carboxylic acids is 2. The summed E-state index contributed by atoms with van der Waals surface area (Å²) >= 11 is 0. The minimum absolute atomic E-state index is 0.115. The molecule has 2 aromatic carbocycles. The van der Waals surface area contributed by atoms with E-state index in [1.54, 1.807) is 0 Å². The third-order valence-corrected chi connectivity index (χ3v) is 5.66. The monoisotopic (exact) mass is 418 g/mol. The van der Waals surface area contributed by atoms with Gasteiger partial charge in [-0.1, -0.05) is 60.7 Å². The van der Waals surface area contributed by atoms with Gasteiger partial charge in [-0.25, -0.2) is 9.80 Å². The van der Waals surface area contributed by atoms with Gasteiger partial charge in [0.25, 0.3) is 5.91 Å². The van der Waals surface area contributed by atoms with Crippen molar-refractivity contribution in [3.05, 3.63) is 77.4 Å². The number of hydrogen-bond acceptors (Lipinski definition) is 5. The van der Waals surface area contributed by atoms with Crippen molar-refractivity contribution in [1.29, 1.82) is 0 Å². The summed E-state index contributed by atoms with van der Waals surface area (Å²) in [4.78, 5) is 24.7. The first-order valence-corrected chi connectivity index (χ1v) is 10.5. The molecule has 160 valence electrons. The zero-order valence-electron chi connectivity index (χ0n) is 17.6. The molecule has 0 bridgehead atoms. The van der Waals surface area contributed by atoms with E-state index in [0.717, 1.165) is 41.7 Å². The molecule has 1 fully saturated rings. The number of carbonyl (C=O) groups is 2. The van der Waals surface area contributed by atoms with Crippen LogP contribution in [-0.2, 0) is 19.1 Å². The van der Waals surface area contributed by atoms with Crippen LogP contribution in [0.25, 0.3) is 6.08 Å². The molecule has 1 aliphatic heterocycles. The summed E-state index contributed by atoms with van der Waals surface area (Å²) in [5, 5.41) is 6.29. The van der Waals surface area contributed by atoms with E-state index in [2.05, 4.69) is 18.2 Å². The molecule has 1 saturated carbocycles. The van der Waals surface area contributed by atoms with Crippen LogP contribution in [0.5, 0.6) is 0 Å². The summed E-state index contributed by atoms with van der Waals surface area (Å²) in [5.41, 5.74) is 4.27. The molecule has 1 aliphatic carbocycles. The van der Waals surface area contributed by atoms with Crippen LogP contribution in [0.3, 0.4) is 0 Å². The number of hydrogen-bond donors (Lipinski definition) is 0. The lowest BCUT2D eigenvalue weighted by Crippen LogP contribution is -2.34. The number of rotatable bonds is 6. The highest BCUT2D eigenvalue weighted by molar-refractivity contribution is 6.08. The Balaban J connectivity index is 1.64. The second kappa shape index (κ2) is 9.71. The maximum atomic E-state index is 13.0. The Hall–Kier alpha value is -3.25. The number of amides is 1. The SMILES string of the molecule is COCC(=O)OCC(=O)N1N=C2/C(=C/c3ccccc3)CCCC2C1c1ccccc1. The number of nitrogens with zero attached hydrogens (tertiary/aromatic N) is 2. The Morgan fingerprint density at radius 3 is 2.48 bits per heavy atom. The number of esters is 1. The quantitative estimate of drug-likeness (QED) is 0.665.